The number of para-hydroxylation sites is 1. The van der Waals surface area contributed by atoms with Gasteiger partial charge in [-0.25, -0.2) is 4.90 Å². The summed E-state index contributed by atoms with van der Waals surface area (Å²) < 4.78 is 5.38. The number of ether oxygens (including phenoxy) is 1. The van der Waals surface area contributed by atoms with Gasteiger partial charge in [-0.1, -0.05) is 35.3 Å². The third-order valence-electron chi connectivity index (χ3n) is 5.77. The van der Waals surface area contributed by atoms with E-state index >= 15 is 0 Å². The van der Waals surface area contributed by atoms with Gasteiger partial charge in [-0.05, 0) is 30.7 Å². The minimum absolute atomic E-state index is 0.162. The van der Waals surface area contributed by atoms with Crippen LogP contribution in [0.3, 0.4) is 0 Å². The van der Waals surface area contributed by atoms with Crippen LogP contribution in [0, 0.1) is 6.92 Å². The lowest BCUT2D eigenvalue weighted by atomic mass is 10.1. The molecule has 2 aliphatic rings. The minimum atomic E-state index is -0.466. The van der Waals surface area contributed by atoms with E-state index in [0.29, 0.717) is 29.5 Å². The summed E-state index contributed by atoms with van der Waals surface area (Å²) in [5, 5.41) is 1.25. The Hall–Kier alpha value is -2.28. The number of rotatable bonds is 4. The number of hydrogen-bond donors (Lipinski definition) is 0. The van der Waals surface area contributed by atoms with Crippen LogP contribution in [0.2, 0.25) is 10.0 Å². The molecule has 6 nitrogen and oxygen atoms in total. The molecule has 2 heterocycles. The topological polar surface area (TPSA) is 53.1 Å². The van der Waals surface area contributed by atoms with Crippen molar-refractivity contribution >= 4 is 46.4 Å². The first-order valence-electron chi connectivity index (χ1n) is 9.85. The molecule has 2 saturated heterocycles. The number of carbonyl (C=O) groups is 2. The fourth-order valence-corrected chi connectivity index (χ4v) is 4.53. The van der Waals surface area contributed by atoms with Crippen LogP contribution in [-0.4, -0.2) is 56.0 Å². The first-order valence-corrected chi connectivity index (χ1v) is 10.6. The van der Waals surface area contributed by atoms with Gasteiger partial charge in [0.05, 0.1) is 36.0 Å². The van der Waals surface area contributed by atoms with E-state index in [0.717, 1.165) is 29.4 Å². The SMILES string of the molecule is COc1cc(Cl)c(C)cc1N1C(=O)C[C@H](N2CCN(c3ccccc3Cl)CC2)C1=O. The molecule has 4 rings (SSSR count). The standard InChI is InChI=1S/C22H23Cl2N3O3/c1-14-11-18(20(30-2)12-16(14)24)27-21(28)13-19(22(27)29)26-9-7-25(8-10-26)17-6-4-3-5-15(17)23/h3-6,11-12,19H,7-10,13H2,1-2H3/t19-/m0/s1. The van der Waals surface area contributed by atoms with Crippen molar-refractivity contribution in [2.75, 3.05) is 43.1 Å². The summed E-state index contributed by atoms with van der Waals surface area (Å²) in [6, 6.07) is 10.7. The highest BCUT2D eigenvalue weighted by atomic mass is 35.5. The lowest BCUT2D eigenvalue weighted by Gasteiger charge is -2.38. The molecule has 0 radical (unpaired) electrons. The maximum atomic E-state index is 13.2. The molecule has 1 atom stereocenters. The van der Waals surface area contributed by atoms with E-state index in [9.17, 15) is 9.59 Å². The number of halogens is 2. The van der Waals surface area contributed by atoms with Gasteiger partial charge in [0.1, 0.15) is 5.75 Å². The van der Waals surface area contributed by atoms with Gasteiger partial charge >= 0.3 is 0 Å². The number of amides is 2. The van der Waals surface area contributed by atoms with E-state index in [1.807, 2.05) is 31.2 Å². The highest BCUT2D eigenvalue weighted by molar-refractivity contribution is 6.33. The van der Waals surface area contributed by atoms with E-state index in [1.54, 1.807) is 12.1 Å². The monoisotopic (exact) mass is 447 g/mol. The molecule has 0 spiro atoms. The number of anilines is 2. The maximum Gasteiger partial charge on any atom is 0.251 e. The van der Waals surface area contributed by atoms with E-state index in [2.05, 4.69) is 9.80 Å². The summed E-state index contributed by atoms with van der Waals surface area (Å²) >= 11 is 12.5. The van der Waals surface area contributed by atoms with Gasteiger partial charge in [-0.3, -0.25) is 14.5 Å². The van der Waals surface area contributed by atoms with Gasteiger partial charge in [-0.15, -0.1) is 0 Å². The van der Waals surface area contributed by atoms with Crippen LogP contribution in [0.4, 0.5) is 11.4 Å². The third-order valence-corrected chi connectivity index (χ3v) is 6.50. The van der Waals surface area contributed by atoms with Crippen LogP contribution in [0.5, 0.6) is 5.75 Å². The van der Waals surface area contributed by atoms with Crippen molar-refractivity contribution in [3.63, 3.8) is 0 Å². The average Bonchev–Trinajstić information content (AvgIpc) is 3.04. The Morgan fingerprint density at radius 1 is 0.967 bits per heavy atom. The summed E-state index contributed by atoms with van der Waals surface area (Å²) in [7, 11) is 1.50. The second-order valence-corrected chi connectivity index (χ2v) is 8.35. The number of carbonyl (C=O) groups excluding carboxylic acids is 2. The van der Waals surface area contributed by atoms with Crippen molar-refractivity contribution in [2.45, 2.75) is 19.4 Å². The maximum absolute atomic E-state index is 13.2. The molecule has 0 unspecified atom stereocenters. The predicted molar refractivity (Wildman–Crippen MR) is 119 cm³/mol. The zero-order valence-electron chi connectivity index (χ0n) is 16.9. The molecule has 2 aromatic carbocycles. The zero-order valence-corrected chi connectivity index (χ0v) is 18.4. The number of methoxy groups -OCH3 is 1. The highest BCUT2D eigenvalue weighted by Gasteiger charge is 2.44. The molecule has 0 saturated carbocycles. The molecule has 2 fully saturated rings. The molecule has 0 aliphatic carbocycles. The van der Waals surface area contributed by atoms with Crippen LogP contribution in [0.15, 0.2) is 36.4 Å². The van der Waals surface area contributed by atoms with Crippen LogP contribution in [0.1, 0.15) is 12.0 Å². The van der Waals surface area contributed by atoms with Crippen LogP contribution < -0.4 is 14.5 Å². The first kappa shape index (κ1) is 21.0. The lowest BCUT2D eigenvalue weighted by Crippen LogP contribution is -2.52. The number of imide groups is 1. The largest absolute Gasteiger partial charge is 0.495 e. The van der Waals surface area contributed by atoms with Crippen molar-refractivity contribution in [3.05, 3.63) is 52.0 Å². The Labute approximate surface area is 185 Å². The smallest absolute Gasteiger partial charge is 0.251 e. The number of piperazine rings is 1. The molecular weight excluding hydrogens is 425 g/mol. The quantitative estimate of drug-likeness (QED) is 0.667. The zero-order chi connectivity index (χ0) is 21.4. The Balaban J connectivity index is 1.50. The van der Waals surface area contributed by atoms with Gasteiger partial charge in [-0.2, -0.15) is 0 Å². The molecule has 8 heteroatoms. The molecule has 158 valence electrons. The van der Waals surface area contributed by atoms with Gasteiger partial charge in [0.25, 0.3) is 5.91 Å². The molecule has 2 aliphatic heterocycles. The lowest BCUT2D eigenvalue weighted by molar-refractivity contribution is -0.123. The van der Waals surface area contributed by atoms with Crippen molar-refractivity contribution in [2.24, 2.45) is 0 Å². The Bertz CT molecular complexity index is 990. The van der Waals surface area contributed by atoms with Gasteiger partial charge in [0.15, 0.2) is 0 Å². The van der Waals surface area contributed by atoms with E-state index in [1.165, 1.54) is 12.0 Å². The predicted octanol–water partition coefficient (Wildman–Crippen LogP) is 3.76. The average molecular weight is 448 g/mol. The molecule has 0 bridgehead atoms. The first-order chi connectivity index (χ1) is 14.4. The Kier molecular flexibility index (Phi) is 5.91. The molecule has 0 aromatic heterocycles. The molecule has 2 amide bonds. The van der Waals surface area contributed by atoms with Gasteiger partial charge in [0, 0.05) is 37.3 Å². The third kappa shape index (κ3) is 3.75. The van der Waals surface area contributed by atoms with Crippen LogP contribution in [-0.2, 0) is 9.59 Å². The summed E-state index contributed by atoms with van der Waals surface area (Å²) in [5.41, 5.74) is 2.23. The summed E-state index contributed by atoms with van der Waals surface area (Å²) in [6.45, 7) is 4.68. The summed E-state index contributed by atoms with van der Waals surface area (Å²) in [4.78, 5) is 31.6. The number of benzene rings is 2. The van der Waals surface area contributed by atoms with E-state index in [4.69, 9.17) is 27.9 Å². The summed E-state index contributed by atoms with van der Waals surface area (Å²) in [5.74, 6) is -0.0266. The molecule has 30 heavy (non-hydrogen) atoms. The summed E-state index contributed by atoms with van der Waals surface area (Å²) in [6.07, 6.45) is 0.162. The Morgan fingerprint density at radius 3 is 2.33 bits per heavy atom. The van der Waals surface area contributed by atoms with Gasteiger partial charge in [0.2, 0.25) is 5.91 Å². The normalized spacial score (nSPS) is 20.2. The minimum Gasteiger partial charge on any atom is -0.495 e. The van der Waals surface area contributed by atoms with Gasteiger partial charge < -0.3 is 9.64 Å². The number of nitrogens with zero attached hydrogens (tertiary/aromatic N) is 3. The number of hydrogen-bond acceptors (Lipinski definition) is 5. The van der Waals surface area contributed by atoms with Crippen LogP contribution >= 0.6 is 23.2 Å². The van der Waals surface area contributed by atoms with Crippen LogP contribution in [0.25, 0.3) is 0 Å². The molecular formula is C22H23Cl2N3O3. The van der Waals surface area contributed by atoms with Crippen molar-refractivity contribution in [1.29, 1.82) is 0 Å². The second kappa shape index (κ2) is 8.46. The number of aryl methyl sites for hydroxylation is 1. The molecule has 2 aromatic rings. The fourth-order valence-electron chi connectivity index (χ4n) is 4.12. The highest BCUT2D eigenvalue weighted by Crippen LogP contribution is 2.37. The van der Waals surface area contributed by atoms with Crippen molar-refractivity contribution in [1.82, 2.24) is 4.90 Å². The molecule has 0 N–H and O–H groups in total. The van der Waals surface area contributed by atoms with E-state index in [-0.39, 0.29) is 18.2 Å². The Morgan fingerprint density at radius 2 is 1.67 bits per heavy atom. The van der Waals surface area contributed by atoms with E-state index < -0.39 is 6.04 Å². The fraction of sp³-hybridized carbons (Fsp3) is 0.364. The van der Waals surface area contributed by atoms with Crippen molar-refractivity contribution < 1.29 is 14.3 Å². The van der Waals surface area contributed by atoms with Crippen molar-refractivity contribution in [3.8, 4) is 5.75 Å². The second-order valence-electron chi connectivity index (χ2n) is 7.53.